The first-order valence-corrected chi connectivity index (χ1v) is 52.8. The van der Waals surface area contributed by atoms with Crippen molar-refractivity contribution in [3.8, 4) is 45.3 Å². The van der Waals surface area contributed by atoms with Crippen LogP contribution in [0.15, 0.2) is 170 Å². The third kappa shape index (κ3) is 20.9. The van der Waals surface area contributed by atoms with Gasteiger partial charge in [-0.3, -0.25) is 78.8 Å². The molecular weight excluding hydrogens is 1940 g/mol. The number of piperidine rings is 4. The van der Waals surface area contributed by atoms with Crippen molar-refractivity contribution in [1.29, 1.82) is 0 Å². The van der Waals surface area contributed by atoms with Gasteiger partial charge < -0.3 is 49.2 Å². The van der Waals surface area contributed by atoms with Crippen molar-refractivity contribution >= 4 is 157 Å². The Balaban J connectivity index is 0.000000175. The topological polar surface area (TPSA) is 409 Å². The van der Waals surface area contributed by atoms with E-state index in [0.29, 0.717) is 166 Å². The maximum Gasteiger partial charge on any atom is 0.358 e. The van der Waals surface area contributed by atoms with Crippen LogP contribution in [0.5, 0.6) is 23.0 Å². The molecule has 22 rings (SSSR count). The molecule has 8 aliphatic rings. The normalized spacial score (nSPS) is 17.7. The Kier molecular flexibility index (Phi) is 27.9. The summed E-state index contributed by atoms with van der Waals surface area (Å²) in [7, 11) is 6.64. The van der Waals surface area contributed by atoms with E-state index >= 15 is 0 Å². The molecule has 2 aliphatic carbocycles. The predicted molar refractivity (Wildman–Crippen MR) is 573 cm³/mol. The fourth-order valence-electron chi connectivity index (χ4n) is 23.3. The molecule has 14 aromatic rings. The molecule has 0 radical (unpaired) electrons. The van der Waals surface area contributed by atoms with Gasteiger partial charge >= 0.3 is 11.9 Å². The molecule has 2 spiro atoms. The van der Waals surface area contributed by atoms with Crippen LogP contribution in [0.1, 0.15) is 196 Å². The summed E-state index contributed by atoms with van der Waals surface area (Å²) in [6.07, 6.45) is 11.0. The first-order valence-electron chi connectivity index (χ1n) is 51.1. The number of hydrogen-bond acceptors (Lipinski definition) is 27. The fourth-order valence-corrected chi connectivity index (χ4v) is 25.0. The molecule has 2 atom stereocenters. The smallest absolute Gasteiger partial charge is 0.358 e. The van der Waals surface area contributed by atoms with Gasteiger partial charge in [0.2, 0.25) is 35.4 Å². The van der Waals surface area contributed by atoms with Gasteiger partial charge in [0.15, 0.2) is 33.1 Å². The van der Waals surface area contributed by atoms with E-state index in [2.05, 4.69) is 72.8 Å². The van der Waals surface area contributed by atoms with Crippen molar-refractivity contribution in [3.63, 3.8) is 0 Å². The number of thiazole rings is 2. The number of nitrogens with zero attached hydrogens (tertiary/aromatic N) is 12. The van der Waals surface area contributed by atoms with Crippen molar-refractivity contribution in [3.05, 3.63) is 237 Å². The highest BCUT2D eigenvalue weighted by Crippen LogP contribution is 2.55. The highest BCUT2D eigenvalue weighted by Gasteiger charge is 2.49. The standard InChI is InChI=1S/C59H63N9O8S.C55H55N9O8S/c1-34-28-37(75-33-35-29-59(30-35)23-26-67(27-24-59)32-49(70)60-45-19-16-41-50(42-18-21-48(69)63-55(42)72)65-66(5)52(41)53(45)74-6)14-15-38(34)39-17-20-47(62-51(39)56(73)76-58(2,3)4)68-25-22-36-10-9-11-40(43(36)31-68)54(71)64-57-61-44-12-7-8-13-46(44)77-57;1-31-25-34(11-12-35(31)36-14-17-44(58-48(36)53(69)70)64-22-19-33-7-6-8-37(40(33)28-64)51(67)60-54-57-41-9-4-5-10-43(41)73-54)72-30-32-26-55(27-32)20-23-63(24-21-55)29-46(66)56-42-16-13-38-47(39-15-18-45(65)59-52(39)68)61-62(2)49(38)50(42)71-3/h7-17,19-20,28,35,42H,18,21-27,29-33H2,1-6H3,(H,60,70)(H,61,64,71)(H,63,69,72);4-14,16-17,25,32,39H,15,18-24,26-30H2,1-3H3,(H,56,66)(H,69,70)(H,57,60,67)(H,59,65,68). The first kappa shape index (κ1) is 101. The van der Waals surface area contributed by atoms with Crippen LogP contribution < -0.4 is 60.6 Å². The molecule has 6 aliphatic heterocycles. The van der Waals surface area contributed by atoms with Crippen molar-refractivity contribution in [1.82, 2.24) is 59.9 Å². The van der Waals surface area contributed by atoms with Crippen molar-refractivity contribution in [2.24, 2.45) is 36.8 Å². The fraction of sp³-hybridized carbons (Fsp3) is 0.368. The summed E-state index contributed by atoms with van der Waals surface area (Å²) in [6.45, 7) is 16.6. The van der Waals surface area contributed by atoms with Crippen molar-refractivity contribution < 1.29 is 76.7 Å². The number of pyridine rings is 2. The second-order valence-corrected chi connectivity index (χ2v) is 44.0. The molecule has 36 heteroatoms. The van der Waals surface area contributed by atoms with Gasteiger partial charge in [-0.15, -0.1) is 0 Å². The van der Waals surface area contributed by atoms with Gasteiger partial charge in [-0.1, -0.05) is 83.3 Å². The average molecular weight is 2060 g/mol. The zero-order valence-electron chi connectivity index (χ0n) is 85.1. The number of hydrogen-bond donors (Lipinski definition) is 7. The lowest BCUT2D eigenvalue weighted by atomic mass is 9.58. The highest BCUT2D eigenvalue weighted by atomic mass is 32.1. The number of para-hydroxylation sites is 2. The van der Waals surface area contributed by atoms with E-state index in [4.69, 9.17) is 33.7 Å². The van der Waals surface area contributed by atoms with E-state index in [-0.39, 0.29) is 95.4 Å². The van der Waals surface area contributed by atoms with Crippen LogP contribution in [0.2, 0.25) is 0 Å². The molecule has 772 valence electrons. The Labute approximate surface area is 873 Å². The van der Waals surface area contributed by atoms with Crippen LogP contribution in [0, 0.1) is 36.5 Å². The number of aromatic carboxylic acids is 1. The van der Waals surface area contributed by atoms with Gasteiger partial charge in [-0.05, 0) is 314 Å². The van der Waals surface area contributed by atoms with Crippen molar-refractivity contribution in [2.75, 3.05) is 111 Å². The Bertz CT molecular complexity index is 7690. The van der Waals surface area contributed by atoms with Crippen LogP contribution in [-0.2, 0) is 73.5 Å². The van der Waals surface area contributed by atoms with E-state index in [9.17, 15) is 53.1 Å². The number of esters is 1. The van der Waals surface area contributed by atoms with Crippen LogP contribution >= 0.6 is 22.7 Å². The van der Waals surface area contributed by atoms with Gasteiger partial charge in [0.05, 0.1) is 95.6 Å². The van der Waals surface area contributed by atoms with E-state index in [1.807, 2.05) is 191 Å². The molecule has 0 bridgehead atoms. The number of ether oxygens (including phenoxy) is 5. The number of carbonyl (C=O) groups excluding carboxylic acids is 9. The Morgan fingerprint density at radius 1 is 0.480 bits per heavy atom. The first-order chi connectivity index (χ1) is 72.3. The molecule has 6 aromatic heterocycles. The number of nitrogens with one attached hydrogen (secondary N) is 6. The monoisotopic (exact) mass is 2060 g/mol. The maximum absolute atomic E-state index is 14.0. The van der Waals surface area contributed by atoms with Crippen LogP contribution in [0.25, 0.3) is 64.5 Å². The van der Waals surface area contributed by atoms with E-state index < -0.39 is 29.4 Å². The van der Waals surface area contributed by atoms with Crippen LogP contribution in [0.3, 0.4) is 0 Å². The lowest BCUT2D eigenvalue weighted by molar-refractivity contribution is -0.135. The minimum atomic E-state index is -1.12. The number of aromatic nitrogens is 8. The van der Waals surface area contributed by atoms with Gasteiger partial charge in [0, 0.05) is 86.1 Å². The lowest BCUT2D eigenvalue weighted by Crippen LogP contribution is -2.49. The number of anilines is 6. The molecule has 2 saturated carbocycles. The van der Waals surface area contributed by atoms with Crippen molar-refractivity contribution in [2.45, 2.75) is 155 Å². The van der Waals surface area contributed by atoms with Gasteiger partial charge in [-0.2, -0.15) is 10.2 Å². The number of fused-ring (bicyclic) bond motifs is 6. The summed E-state index contributed by atoms with van der Waals surface area (Å²) in [5.41, 5.74) is 14.9. The molecule has 4 saturated heterocycles. The second kappa shape index (κ2) is 41.6. The zero-order valence-corrected chi connectivity index (χ0v) is 86.7. The number of methoxy groups -OCH3 is 2. The molecule has 34 nitrogen and oxygen atoms in total. The van der Waals surface area contributed by atoms with Crippen LogP contribution in [0.4, 0.5) is 33.3 Å². The number of rotatable bonds is 26. The third-order valence-electron chi connectivity index (χ3n) is 30.7. The number of aryl methyl sites for hydroxylation is 4. The maximum atomic E-state index is 14.0. The largest absolute Gasteiger partial charge is 0.493 e. The minimum Gasteiger partial charge on any atom is -0.493 e. The quantitative estimate of drug-likeness (QED) is 0.0195. The number of carbonyl (C=O) groups is 10. The molecule has 8 amide bonds. The minimum absolute atomic E-state index is 0.0419. The zero-order chi connectivity index (χ0) is 104. The van der Waals surface area contributed by atoms with Gasteiger partial charge in [0.1, 0.15) is 39.8 Å². The number of benzene rings is 8. The number of amides is 8. The van der Waals surface area contributed by atoms with Crippen LogP contribution in [-0.4, -0.2) is 199 Å². The SMILES string of the molecule is COc1c(NC(=O)CN2CCC3(CC2)CC(COc2ccc(-c4ccc(N5CCc6cccc(C(=O)Nc7nc8ccccc8s7)c6C5)nc4C(=O)O)c(C)c2)C3)ccc2c(C3CCC(=O)NC3=O)nn(C)c12.COc1c(NC(=O)CN2CCC3(CC2)CC(COc2ccc(-c4ccc(N5CCc6cccc(C(=O)Nc7nc8ccccc8s7)c6C5)nc4C(=O)OC(C)(C)C)c(C)c2)C3)ccc2c(C3CCC(=O)NC3=O)nn(C)c12. The van der Waals surface area contributed by atoms with E-state index in [0.717, 1.165) is 165 Å². The number of carboxylic acid groups (broad SMARTS) is 1. The van der Waals surface area contributed by atoms with Gasteiger partial charge in [-0.25, -0.2) is 29.5 Å². The lowest BCUT2D eigenvalue weighted by Gasteiger charge is -2.52. The summed E-state index contributed by atoms with van der Waals surface area (Å²) in [4.78, 5) is 157. The summed E-state index contributed by atoms with van der Waals surface area (Å²) in [6, 6.07) is 53.7. The highest BCUT2D eigenvalue weighted by molar-refractivity contribution is 7.22. The second-order valence-electron chi connectivity index (χ2n) is 41.9. The average Bonchev–Trinajstić information content (AvgIpc) is 1.54. The molecule has 2 unspecified atom stereocenters. The van der Waals surface area contributed by atoms with E-state index in [1.54, 1.807) is 49.8 Å². The molecule has 150 heavy (non-hydrogen) atoms. The molecule has 6 fully saturated rings. The summed E-state index contributed by atoms with van der Waals surface area (Å²) in [5.74, 6) is -0.332. The van der Waals surface area contributed by atoms with E-state index in [1.165, 1.54) is 22.7 Å². The number of likely N-dealkylation sites (tertiary alicyclic amines) is 2. The number of imide groups is 2. The Hall–Kier alpha value is -15.4. The molecule has 7 N–H and O–H groups in total. The Morgan fingerprint density at radius 3 is 1.31 bits per heavy atom. The summed E-state index contributed by atoms with van der Waals surface area (Å²) < 4.78 is 35.6. The van der Waals surface area contributed by atoms with Gasteiger partial charge in [0.25, 0.3) is 11.8 Å². The number of carboxylic acids is 1. The summed E-state index contributed by atoms with van der Waals surface area (Å²) >= 11 is 2.87. The third-order valence-corrected chi connectivity index (χ3v) is 32.6. The predicted octanol–water partition coefficient (Wildman–Crippen LogP) is 17.5. The molecule has 12 heterocycles. The Morgan fingerprint density at radius 2 is 0.900 bits per heavy atom. The molecule has 8 aromatic carbocycles. The summed E-state index contributed by atoms with van der Waals surface area (Å²) in [5, 5.41) is 39.2. The molecular formula is C114H118N18O16S2.